The third-order valence-corrected chi connectivity index (χ3v) is 0.802. The van der Waals surface area contributed by atoms with E-state index in [9.17, 15) is 8.39 Å². The first-order valence-electron chi connectivity index (χ1n) is 1.44. The molecule has 0 aliphatic rings. The Labute approximate surface area is 31.2 Å². The van der Waals surface area contributed by atoms with Gasteiger partial charge in [-0.1, -0.05) is 0 Å². The Morgan fingerprint density at radius 1 is 1.60 bits per heavy atom. The summed E-state index contributed by atoms with van der Waals surface area (Å²) in [4.78, 5) is 0. The predicted molar refractivity (Wildman–Crippen MR) is 21.1 cm³/mol. The van der Waals surface area contributed by atoms with Gasteiger partial charge in [0.1, 0.15) is 6.16 Å². The van der Waals surface area contributed by atoms with Crippen LogP contribution < -0.4 is 0 Å². The van der Waals surface area contributed by atoms with Crippen LogP contribution in [0.3, 0.4) is 0 Å². The molecule has 0 saturated heterocycles. The van der Waals surface area contributed by atoms with Gasteiger partial charge in [0.05, 0.1) is 0 Å². The molecule has 5 heavy (non-hydrogen) atoms. The number of rotatable bonds is 1. The predicted octanol–water partition coefficient (Wildman–Crippen LogP) is 1.99. The Balaban J connectivity index is 2.54. The summed E-state index contributed by atoms with van der Waals surface area (Å²) in [6.45, 7) is 1.49. The molecule has 0 radical (unpaired) electrons. The summed E-state index contributed by atoms with van der Waals surface area (Å²) < 4.78 is 21.7. The highest BCUT2D eigenvalue weighted by atomic mass is 31.2. The van der Waals surface area contributed by atoms with Crippen LogP contribution in [0.2, 0.25) is 0 Å². The molecule has 0 atom stereocenters. The van der Waals surface area contributed by atoms with Gasteiger partial charge in [0.2, 0.25) is 0 Å². The molecule has 3 heteroatoms. The molecular formula is C2H6F2P+. The molecule has 0 saturated carbocycles. The van der Waals surface area contributed by atoms with Crippen LogP contribution in [0.25, 0.3) is 0 Å². The molecule has 0 aromatic heterocycles. The van der Waals surface area contributed by atoms with E-state index < -0.39 is 8.54 Å². The van der Waals surface area contributed by atoms with Gasteiger partial charge in [-0.15, -0.1) is 0 Å². The third-order valence-electron chi connectivity index (χ3n) is 0.267. The van der Waals surface area contributed by atoms with Gasteiger partial charge in [0, 0.05) is 0 Å². The summed E-state index contributed by atoms with van der Waals surface area (Å²) >= 11 is 0. The van der Waals surface area contributed by atoms with Crippen molar-refractivity contribution in [3.8, 4) is 0 Å². The molecule has 0 N–H and O–H groups in total. The molecule has 0 aromatic rings. The van der Waals surface area contributed by atoms with Crippen LogP contribution in [0.1, 0.15) is 6.92 Å². The number of hydrogen-bond donors (Lipinski definition) is 0. The molecule has 0 heterocycles. The molecule has 0 unspecified atom stereocenters. The fraction of sp³-hybridized carbons (Fsp3) is 1.00. The highest BCUT2D eigenvalue weighted by Gasteiger charge is 2.04. The SMILES string of the molecule is CC[PH+](F)F. The standard InChI is InChI=1S/C2H5F2P/c1-2-5(3)4/h2H2,1H3/p+1. The van der Waals surface area contributed by atoms with Crippen molar-refractivity contribution in [2.75, 3.05) is 6.16 Å². The molecule has 0 spiro atoms. The molecule has 0 aliphatic carbocycles. The van der Waals surface area contributed by atoms with Crippen LogP contribution in [0.15, 0.2) is 0 Å². The zero-order valence-electron chi connectivity index (χ0n) is 2.96. The van der Waals surface area contributed by atoms with Gasteiger partial charge in [-0.25, -0.2) is 0 Å². The normalized spacial score (nSPS) is 9.60. The number of halogens is 2. The maximum atomic E-state index is 10.9. The summed E-state index contributed by atoms with van der Waals surface area (Å²) in [5.41, 5.74) is 0. The van der Waals surface area contributed by atoms with E-state index in [4.69, 9.17) is 0 Å². The fourth-order valence-corrected chi connectivity index (χ4v) is 0. The van der Waals surface area contributed by atoms with E-state index in [0.29, 0.717) is 0 Å². The Kier molecular flexibility index (Phi) is 2.67. The van der Waals surface area contributed by atoms with E-state index in [2.05, 4.69) is 0 Å². The van der Waals surface area contributed by atoms with Crippen LogP contribution in [0.5, 0.6) is 0 Å². The van der Waals surface area contributed by atoms with Crippen LogP contribution in [0, 0.1) is 0 Å². The van der Waals surface area contributed by atoms with Crippen molar-refractivity contribution < 1.29 is 8.39 Å². The van der Waals surface area contributed by atoms with Crippen LogP contribution >= 0.6 is 8.54 Å². The van der Waals surface area contributed by atoms with Crippen molar-refractivity contribution in [1.29, 1.82) is 0 Å². The Hall–Kier alpha value is 0.290. The van der Waals surface area contributed by atoms with Crippen molar-refractivity contribution in [2.24, 2.45) is 0 Å². The van der Waals surface area contributed by atoms with E-state index in [1.54, 1.807) is 0 Å². The second-order valence-electron chi connectivity index (χ2n) is 0.692. The molecule has 0 aromatic carbocycles. The summed E-state index contributed by atoms with van der Waals surface area (Å²) in [5, 5.41) is 0. The van der Waals surface area contributed by atoms with E-state index in [1.165, 1.54) is 6.92 Å². The van der Waals surface area contributed by atoms with Gasteiger partial charge >= 0.3 is 8.54 Å². The van der Waals surface area contributed by atoms with Crippen molar-refractivity contribution in [3.63, 3.8) is 0 Å². The fourth-order valence-electron chi connectivity index (χ4n) is 0. The second-order valence-corrected chi connectivity index (χ2v) is 2.08. The highest BCUT2D eigenvalue weighted by Crippen LogP contribution is 2.36. The zero-order valence-corrected chi connectivity index (χ0v) is 3.96. The molecule has 0 bridgehead atoms. The first-order valence-corrected chi connectivity index (χ1v) is 2.90. The largest absolute Gasteiger partial charge is 0.375 e. The molecule has 0 nitrogen and oxygen atoms in total. The topological polar surface area (TPSA) is 0 Å². The smallest absolute Gasteiger partial charge is 0.0262 e. The summed E-state index contributed by atoms with van der Waals surface area (Å²) in [5.74, 6) is 0. The van der Waals surface area contributed by atoms with Crippen molar-refractivity contribution in [3.05, 3.63) is 0 Å². The lowest BCUT2D eigenvalue weighted by atomic mass is 11.0. The average molecular weight is 99.0 g/mol. The van der Waals surface area contributed by atoms with Crippen molar-refractivity contribution in [1.82, 2.24) is 0 Å². The first-order chi connectivity index (χ1) is 2.27. The van der Waals surface area contributed by atoms with E-state index in [1.807, 2.05) is 0 Å². The molecule has 0 rings (SSSR count). The second kappa shape index (κ2) is 2.52. The summed E-state index contributed by atoms with van der Waals surface area (Å²) in [7, 11) is -2.87. The monoisotopic (exact) mass is 99.0 g/mol. The molecule has 0 fully saturated rings. The first kappa shape index (κ1) is 5.29. The van der Waals surface area contributed by atoms with Gasteiger partial charge in [0.15, 0.2) is 0 Å². The van der Waals surface area contributed by atoms with Crippen molar-refractivity contribution >= 4 is 8.54 Å². The maximum absolute atomic E-state index is 10.9. The van der Waals surface area contributed by atoms with Crippen LogP contribution in [-0.2, 0) is 0 Å². The van der Waals surface area contributed by atoms with Gasteiger partial charge in [-0.2, -0.15) is 0 Å². The minimum Gasteiger partial charge on any atom is -0.0262 e. The summed E-state index contributed by atoms with van der Waals surface area (Å²) in [6.07, 6.45) is 0.0741. The molecule has 0 aliphatic heterocycles. The Morgan fingerprint density at radius 3 is 1.80 bits per heavy atom. The van der Waals surface area contributed by atoms with Gasteiger partial charge in [-0.05, 0) is 15.3 Å². The van der Waals surface area contributed by atoms with Crippen molar-refractivity contribution in [2.45, 2.75) is 6.92 Å². The van der Waals surface area contributed by atoms with E-state index >= 15 is 0 Å². The minimum atomic E-state index is -2.87. The van der Waals surface area contributed by atoms with Gasteiger partial charge < -0.3 is 0 Å². The highest BCUT2D eigenvalue weighted by molar-refractivity contribution is 7.46. The van der Waals surface area contributed by atoms with E-state index in [0.717, 1.165) is 0 Å². The van der Waals surface area contributed by atoms with Crippen LogP contribution in [-0.4, -0.2) is 6.16 Å². The minimum absolute atomic E-state index is 0.0741. The lowest BCUT2D eigenvalue weighted by molar-refractivity contribution is 0.744. The van der Waals surface area contributed by atoms with Gasteiger partial charge in [0.25, 0.3) is 0 Å². The molecule has 32 valence electrons. The lowest BCUT2D eigenvalue weighted by Gasteiger charge is -1.68. The Morgan fingerprint density at radius 2 is 1.80 bits per heavy atom. The molecular weight excluding hydrogens is 93.0 g/mol. The zero-order chi connectivity index (χ0) is 4.28. The van der Waals surface area contributed by atoms with E-state index in [-0.39, 0.29) is 6.16 Å². The molecule has 0 amide bonds. The third kappa shape index (κ3) is 4.29. The summed E-state index contributed by atoms with van der Waals surface area (Å²) in [6, 6.07) is 0. The quantitative estimate of drug-likeness (QED) is 0.441. The number of hydrogen-bond acceptors (Lipinski definition) is 0. The maximum Gasteiger partial charge on any atom is 0.375 e. The average Bonchev–Trinajstić information content (AvgIpc) is 1.38. The lowest BCUT2D eigenvalue weighted by Crippen LogP contribution is -1.53. The Bertz CT molecular complexity index is 21.6. The van der Waals surface area contributed by atoms with Gasteiger partial charge in [-0.3, -0.25) is 0 Å². The van der Waals surface area contributed by atoms with Crippen LogP contribution in [0.4, 0.5) is 8.39 Å².